The fourth-order valence-electron chi connectivity index (χ4n) is 4.30. The van der Waals surface area contributed by atoms with E-state index in [4.69, 9.17) is 9.97 Å². The summed E-state index contributed by atoms with van der Waals surface area (Å²) in [5, 5.41) is 0. The van der Waals surface area contributed by atoms with Crippen LogP contribution in [0.25, 0.3) is 11.5 Å². The zero-order valence-corrected chi connectivity index (χ0v) is 15.5. The number of likely N-dealkylation sites (tertiary alicyclic amines) is 2. The van der Waals surface area contributed by atoms with E-state index >= 15 is 0 Å². The molecule has 1 unspecified atom stereocenters. The smallest absolute Gasteiger partial charge is 0.158 e. The summed E-state index contributed by atoms with van der Waals surface area (Å²) in [7, 11) is 4.24. The molecule has 6 nitrogen and oxygen atoms in total. The molecule has 1 atom stereocenters. The molecule has 0 saturated carbocycles. The van der Waals surface area contributed by atoms with Crippen LogP contribution < -0.4 is 0 Å². The average molecular weight is 340 g/mol. The Bertz CT molecular complexity index is 731. The molecule has 2 aliphatic rings. The summed E-state index contributed by atoms with van der Waals surface area (Å²) < 4.78 is 2.02. The number of aromatic nitrogens is 4. The third kappa shape index (κ3) is 3.33. The molecule has 0 aromatic carbocycles. The molecule has 2 fully saturated rings. The third-order valence-corrected chi connectivity index (χ3v) is 5.67. The number of hydrogen-bond acceptors (Lipinski definition) is 5. The zero-order valence-electron chi connectivity index (χ0n) is 15.5. The topological polar surface area (TPSA) is 50.1 Å². The van der Waals surface area contributed by atoms with E-state index in [0.717, 1.165) is 29.5 Å². The van der Waals surface area contributed by atoms with Gasteiger partial charge in [0.2, 0.25) is 0 Å². The van der Waals surface area contributed by atoms with Crippen LogP contribution in [0, 0.1) is 6.92 Å². The predicted octanol–water partition coefficient (Wildman–Crippen LogP) is 2.42. The van der Waals surface area contributed by atoms with Gasteiger partial charge in [-0.1, -0.05) is 0 Å². The van der Waals surface area contributed by atoms with Crippen molar-refractivity contribution >= 4 is 0 Å². The highest BCUT2D eigenvalue weighted by Crippen LogP contribution is 2.35. The third-order valence-electron chi connectivity index (χ3n) is 5.67. The van der Waals surface area contributed by atoms with Crippen molar-refractivity contribution in [3.05, 3.63) is 30.0 Å². The minimum atomic E-state index is 0.354. The van der Waals surface area contributed by atoms with Crippen LogP contribution in [0.5, 0.6) is 0 Å². The summed E-state index contributed by atoms with van der Waals surface area (Å²) in [6, 6.07) is 3.07. The van der Waals surface area contributed by atoms with Crippen LogP contribution in [0.15, 0.2) is 18.5 Å². The van der Waals surface area contributed by atoms with Crippen LogP contribution in [-0.2, 0) is 7.05 Å². The van der Waals surface area contributed by atoms with E-state index < -0.39 is 0 Å². The van der Waals surface area contributed by atoms with Gasteiger partial charge < -0.3 is 9.47 Å². The molecule has 4 rings (SSSR count). The van der Waals surface area contributed by atoms with Gasteiger partial charge in [-0.2, -0.15) is 0 Å². The Morgan fingerprint density at radius 3 is 2.56 bits per heavy atom. The van der Waals surface area contributed by atoms with Gasteiger partial charge in [0.15, 0.2) is 5.82 Å². The molecular weight excluding hydrogens is 312 g/mol. The van der Waals surface area contributed by atoms with Gasteiger partial charge in [0, 0.05) is 31.2 Å². The van der Waals surface area contributed by atoms with Crippen LogP contribution in [0.4, 0.5) is 0 Å². The molecule has 2 aliphatic heterocycles. The molecule has 2 aromatic heterocycles. The lowest BCUT2D eigenvalue weighted by Gasteiger charge is -2.37. The maximum atomic E-state index is 4.93. The summed E-state index contributed by atoms with van der Waals surface area (Å²) in [6.07, 6.45) is 8.71. The van der Waals surface area contributed by atoms with Gasteiger partial charge in [-0.3, -0.25) is 4.90 Å². The van der Waals surface area contributed by atoms with Crippen LogP contribution in [0.1, 0.15) is 43.2 Å². The van der Waals surface area contributed by atoms with Crippen molar-refractivity contribution in [3.63, 3.8) is 0 Å². The van der Waals surface area contributed by atoms with Crippen LogP contribution in [0.3, 0.4) is 0 Å². The fourth-order valence-corrected chi connectivity index (χ4v) is 4.30. The number of hydrogen-bond donors (Lipinski definition) is 0. The molecule has 0 bridgehead atoms. The van der Waals surface area contributed by atoms with Crippen molar-refractivity contribution in [2.24, 2.45) is 7.05 Å². The molecule has 6 heteroatoms. The summed E-state index contributed by atoms with van der Waals surface area (Å²) in [5.74, 6) is 1.89. The molecule has 4 heterocycles. The summed E-state index contributed by atoms with van der Waals surface area (Å²) in [5.41, 5.74) is 1.96. The number of piperidine rings is 1. The maximum Gasteiger partial charge on any atom is 0.158 e. The molecular formula is C19H28N6. The second-order valence-corrected chi connectivity index (χ2v) is 7.54. The summed E-state index contributed by atoms with van der Waals surface area (Å²) >= 11 is 0. The average Bonchev–Trinajstić information content (AvgIpc) is 3.24. The number of rotatable bonds is 3. The number of aryl methyl sites for hydroxylation is 2. The fraction of sp³-hybridized carbons (Fsp3) is 0.632. The van der Waals surface area contributed by atoms with Gasteiger partial charge in [-0.05, 0) is 65.4 Å². The molecule has 0 aliphatic carbocycles. The number of imidazole rings is 1. The largest absolute Gasteiger partial charge is 0.333 e. The SMILES string of the molecule is Cc1cc(-c2nccn2C)nc(C2CCCN2C2CCN(C)CC2)n1. The van der Waals surface area contributed by atoms with E-state index in [0.29, 0.717) is 12.1 Å². The van der Waals surface area contributed by atoms with Gasteiger partial charge in [0.05, 0.1) is 6.04 Å². The van der Waals surface area contributed by atoms with E-state index in [9.17, 15) is 0 Å². The highest BCUT2D eigenvalue weighted by Gasteiger charge is 2.35. The standard InChI is InChI=1S/C19H28N6/c1-14-13-16(19-20-8-12-24(19)3)22-18(21-14)17-5-4-9-25(17)15-6-10-23(2)11-7-15/h8,12-13,15,17H,4-7,9-11H2,1-3H3. The van der Waals surface area contributed by atoms with Crippen molar-refractivity contribution in [3.8, 4) is 11.5 Å². The Labute approximate surface area is 149 Å². The van der Waals surface area contributed by atoms with E-state index in [1.54, 1.807) is 0 Å². The monoisotopic (exact) mass is 340 g/mol. The van der Waals surface area contributed by atoms with E-state index in [-0.39, 0.29) is 0 Å². The van der Waals surface area contributed by atoms with Gasteiger partial charge >= 0.3 is 0 Å². The molecule has 134 valence electrons. The lowest BCUT2D eigenvalue weighted by atomic mass is 10.0. The Morgan fingerprint density at radius 1 is 1.04 bits per heavy atom. The van der Waals surface area contributed by atoms with Gasteiger partial charge in [0.25, 0.3) is 0 Å². The second-order valence-electron chi connectivity index (χ2n) is 7.54. The van der Waals surface area contributed by atoms with Crippen molar-refractivity contribution in [1.29, 1.82) is 0 Å². The lowest BCUT2D eigenvalue weighted by Crippen LogP contribution is -2.43. The summed E-state index contributed by atoms with van der Waals surface area (Å²) in [4.78, 5) is 19.3. The quantitative estimate of drug-likeness (QED) is 0.859. The molecule has 0 radical (unpaired) electrons. The lowest BCUT2D eigenvalue weighted by molar-refractivity contribution is 0.107. The normalized spacial score (nSPS) is 23.4. The molecule has 0 N–H and O–H groups in total. The first-order chi connectivity index (χ1) is 12.1. The van der Waals surface area contributed by atoms with E-state index in [1.165, 1.54) is 38.9 Å². The highest BCUT2D eigenvalue weighted by molar-refractivity contribution is 5.50. The van der Waals surface area contributed by atoms with Gasteiger partial charge in [-0.25, -0.2) is 15.0 Å². The zero-order chi connectivity index (χ0) is 17.4. The first-order valence-corrected chi connectivity index (χ1v) is 9.39. The van der Waals surface area contributed by atoms with Crippen molar-refractivity contribution in [2.75, 3.05) is 26.7 Å². The Balaban J connectivity index is 1.62. The van der Waals surface area contributed by atoms with Crippen LogP contribution >= 0.6 is 0 Å². The molecule has 2 aromatic rings. The minimum absolute atomic E-state index is 0.354. The van der Waals surface area contributed by atoms with Crippen LogP contribution in [-0.4, -0.2) is 62.0 Å². The molecule has 25 heavy (non-hydrogen) atoms. The Hall–Kier alpha value is -1.79. The second kappa shape index (κ2) is 6.84. The van der Waals surface area contributed by atoms with Crippen molar-refractivity contribution in [2.45, 2.75) is 44.7 Å². The summed E-state index contributed by atoms with van der Waals surface area (Å²) in [6.45, 7) is 5.63. The first-order valence-electron chi connectivity index (χ1n) is 9.39. The molecule has 0 spiro atoms. The predicted molar refractivity (Wildman–Crippen MR) is 98.2 cm³/mol. The van der Waals surface area contributed by atoms with Gasteiger partial charge in [0.1, 0.15) is 11.5 Å². The van der Waals surface area contributed by atoms with Gasteiger partial charge in [-0.15, -0.1) is 0 Å². The van der Waals surface area contributed by atoms with Crippen molar-refractivity contribution in [1.82, 2.24) is 29.3 Å². The number of nitrogens with zero attached hydrogens (tertiary/aromatic N) is 6. The molecule has 2 saturated heterocycles. The highest BCUT2D eigenvalue weighted by atomic mass is 15.2. The minimum Gasteiger partial charge on any atom is -0.333 e. The van der Waals surface area contributed by atoms with Crippen LogP contribution in [0.2, 0.25) is 0 Å². The van der Waals surface area contributed by atoms with Crippen molar-refractivity contribution < 1.29 is 0 Å². The van der Waals surface area contributed by atoms with E-state index in [1.807, 2.05) is 30.1 Å². The first kappa shape index (κ1) is 16.7. The molecule has 0 amide bonds. The van der Waals surface area contributed by atoms with E-state index in [2.05, 4.69) is 28.8 Å². The maximum absolute atomic E-state index is 4.93. The Morgan fingerprint density at radius 2 is 1.84 bits per heavy atom. The Kier molecular flexibility index (Phi) is 4.56.